The molecule has 3 rings (SSSR count). The summed E-state index contributed by atoms with van der Waals surface area (Å²) < 4.78 is 14.9. The molecule has 118 valence electrons. The zero-order valence-corrected chi connectivity index (χ0v) is 14.4. The van der Waals surface area contributed by atoms with Crippen molar-refractivity contribution in [3.63, 3.8) is 0 Å². The van der Waals surface area contributed by atoms with Crippen molar-refractivity contribution in [2.45, 2.75) is 13.0 Å². The molecule has 0 aliphatic heterocycles. The van der Waals surface area contributed by atoms with E-state index in [4.69, 9.17) is 12.2 Å². The average Bonchev–Trinajstić information content (AvgIpc) is 2.99. The molecule has 0 saturated carbocycles. The van der Waals surface area contributed by atoms with Gasteiger partial charge in [0.15, 0.2) is 5.11 Å². The van der Waals surface area contributed by atoms with Crippen molar-refractivity contribution in [1.29, 1.82) is 0 Å². The molecular weight excluding hydrogens is 329 g/mol. The van der Waals surface area contributed by atoms with Crippen molar-refractivity contribution in [2.75, 3.05) is 12.4 Å². The lowest BCUT2D eigenvalue weighted by atomic mass is 10.3. The first-order valence-electron chi connectivity index (χ1n) is 7.20. The maximum Gasteiger partial charge on any atom is 0.173 e. The van der Waals surface area contributed by atoms with Gasteiger partial charge in [0.25, 0.3) is 0 Å². The Hall–Kier alpha value is -2.05. The van der Waals surface area contributed by atoms with E-state index in [9.17, 15) is 4.39 Å². The molecule has 1 heterocycles. The highest BCUT2D eigenvalue weighted by Gasteiger charge is 2.19. The van der Waals surface area contributed by atoms with Crippen LogP contribution in [0.4, 0.5) is 10.1 Å². The minimum Gasteiger partial charge on any atom is -0.343 e. The number of benzene rings is 2. The number of hydrogen-bond donors (Lipinski definition) is 1. The van der Waals surface area contributed by atoms with Crippen LogP contribution in [0, 0.1) is 5.82 Å². The van der Waals surface area contributed by atoms with Crippen LogP contribution in [0.1, 0.15) is 18.0 Å². The monoisotopic (exact) mass is 345 g/mol. The number of rotatable bonds is 3. The summed E-state index contributed by atoms with van der Waals surface area (Å²) in [5.74, 6) is -0.323. The Kier molecular flexibility index (Phi) is 4.54. The summed E-state index contributed by atoms with van der Waals surface area (Å²) in [5.41, 5.74) is 1.36. The summed E-state index contributed by atoms with van der Waals surface area (Å²) in [7, 11) is 1.88. The molecule has 0 spiro atoms. The van der Waals surface area contributed by atoms with Crippen LogP contribution in [0.2, 0.25) is 0 Å². The van der Waals surface area contributed by atoms with Gasteiger partial charge in [-0.1, -0.05) is 24.3 Å². The number of nitrogens with zero attached hydrogens (tertiary/aromatic N) is 2. The number of para-hydroxylation sites is 2. The number of aromatic nitrogens is 1. The lowest BCUT2D eigenvalue weighted by Crippen LogP contribution is -2.33. The molecule has 0 radical (unpaired) electrons. The van der Waals surface area contributed by atoms with Crippen LogP contribution in [0.3, 0.4) is 0 Å². The highest BCUT2D eigenvalue weighted by atomic mass is 32.1. The molecule has 0 aliphatic rings. The number of halogens is 1. The van der Waals surface area contributed by atoms with Crippen LogP contribution < -0.4 is 5.32 Å². The van der Waals surface area contributed by atoms with Gasteiger partial charge in [-0.15, -0.1) is 11.3 Å². The first kappa shape index (κ1) is 15.8. The normalized spacial score (nSPS) is 12.1. The molecule has 0 bridgehead atoms. The van der Waals surface area contributed by atoms with E-state index in [-0.39, 0.29) is 11.9 Å². The molecule has 1 aromatic heterocycles. The minimum absolute atomic E-state index is 0.000765. The summed E-state index contributed by atoms with van der Waals surface area (Å²) in [6.45, 7) is 2.03. The van der Waals surface area contributed by atoms with Crippen molar-refractivity contribution in [3.05, 3.63) is 59.4 Å². The fourth-order valence-electron chi connectivity index (χ4n) is 2.18. The molecule has 0 aliphatic carbocycles. The van der Waals surface area contributed by atoms with Crippen LogP contribution in [-0.4, -0.2) is 22.0 Å². The zero-order valence-electron chi connectivity index (χ0n) is 12.8. The summed E-state index contributed by atoms with van der Waals surface area (Å²) in [4.78, 5) is 6.54. The lowest BCUT2D eigenvalue weighted by Gasteiger charge is -2.26. The van der Waals surface area contributed by atoms with E-state index in [1.807, 2.05) is 37.1 Å². The molecule has 23 heavy (non-hydrogen) atoms. The molecule has 3 nitrogen and oxygen atoms in total. The molecule has 2 aromatic carbocycles. The first-order valence-corrected chi connectivity index (χ1v) is 8.42. The van der Waals surface area contributed by atoms with Gasteiger partial charge in [-0.2, -0.15) is 0 Å². The maximum absolute atomic E-state index is 13.7. The summed E-state index contributed by atoms with van der Waals surface area (Å²) >= 11 is 7.05. The second-order valence-corrected chi connectivity index (χ2v) is 6.67. The first-order chi connectivity index (χ1) is 11.1. The van der Waals surface area contributed by atoms with Gasteiger partial charge in [-0.3, -0.25) is 0 Å². The van der Waals surface area contributed by atoms with Crippen LogP contribution in [-0.2, 0) is 0 Å². The molecule has 3 aromatic rings. The molecule has 0 fully saturated rings. The minimum atomic E-state index is -0.323. The van der Waals surface area contributed by atoms with Gasteiger partial charge in [-0.05, 0) is 43.4 Å². The van der Waals surface area contributed by atoms with E-state index in [2.05, 4.69) is 16.4 Å². The van der Waals surface area contributed by atoms with Crippen molar-refractivity contribution < 1.29 is 4.39 Å². The third kappa shape index (κ3) is 3.33. The summed E-state index contributed by atoms with van der Waals surface area (Å²) in [6, 6.07) is 14.5. The highest BCUT2D eigenvalue weighted by Crippen LogP contribution is 2.29. The smallest absolute Gasteiger partial charge is 0.173 e. The van der Waals surface area contributed by atoms with Crippen LogP contribution in [0.25, 0.3) is 10.2 Å². The van der Waals surface area contributed by atoms with Gasteiger partial charge in [0.1, 0.15) is 10.8 Å². The van der Waals surface area contributed by atoms with Gasteiger partial charge in [0, 0.05) is 7.05 Å². The fraction of sp³-hybridized carbons (Fsp3) is 0.176. The van der Waals surface area contributed by atoms with E-state index in [1.54, 1.807) is 29.5 Å². The Morgan fingerprint density at radius 1 is 1.22 bits per heavy atom. The van der Waals surface area contributed by atoms with Crippen molar-refractivity contribution in [2.24, 2.45) is 0 Å². The summed E-state index contributed by atoms with van der Waals surface area (Å²) in [5, 5.41) is 4.39. The van der Waals surface area contributed by atoms with Crippen LogP contribution >= 0.6 is 23.6 Å². The second-order valence-electron chi connectivity index (χ2n) is 5.22. The van der Waals surface area contributed by atoms with Crippen molar-refractivity contribution in [1.82, 2.24) is 9.88 Å². The number of nitrogens with one attached hydrogen (secondary N) is 1. The predicted molar refractivity (Wildman–Crippen MR) is 98.4 cm³/mol. The molecule has 1 N–H and O–H groups in total. The number of thiocarbonyl (C=S) groups is 1. The topological polar surface area (TPSA) is 28.2 Å². The molecule has 1 atom stereocenters. The Bertz CT molecular complexity index is 813. The van der Waals surface area contributed by atoms with E-state index in [0.29, 0.717) is 10.8 Å². The molecule has 0 saturated heterocycles. The van der Waals surface area contributed by atoms with Gasteiger partial charge in [0.05, 0.1) is 21.9 Å². The van der Waals surface area contributed by atoms with Crippen LogP contribution in [0.5, 0.6) is 0 Å². The maximum atomic E-state index is 13.7. The quantitative estimate of drug-likeness (QED) is 0.689. The molecule has 0 unspecified atom stereocenters. The SMILES string of the molecule is C[C@H](c1nc2ccccc2s1)N(C)C(=S)Nc1ccccc1F. The summed E-state index contributed by atoms with van der Waals surface area (Å²) in [6.07, 6.45) is 0. The average molecular weight is 345 g/mol. The van der Waals surface area contributed by atoms with Crippen LogP contribution in [0.15, 0.2) is 48.5 Å². The van der Waals surface area contributed by atoms with E-state index >= 15 is 0 Å². The molecule has 0 amide bonds. The molecular formula is C17H16FN3S2. The number of thiazole rings is 1. The largest absolute Gasteiger partial charge is 0.343 e. The standard InChI is InChI=1S/C17H16FN3S2/c1-11(16-19-14-9-5-6-10-15(14)23-16)21(2)17(22)20-13-8-4-3-7-12(13)18/h3-11H,1-2H3,(H,20,22)/t11-/m1/s1. The second kappa shape index (κ2) is 6.60. The Morgan fingerprint density at radius 2 is 1.91 bits per heavy atom. The van der Waals surface area contributed by atoms with Crippen molar-refractivity contribution in [3.8, 4) is 0 Å². The van der Waals surface area contributed by atoms with Gasteiger partial charge >= 0.3 is 0 Å². The third-order valence-electron chi connectivity index (χ3n) is 3.68. The van der Waals surface area contributed by atoms with Gasteiger partial charge in [-0.25, -0.2) is 9.37 Å². The van der Waals surface area contributed by atoms with E-state index in [1.165, 1.54) is 6.07 Å². The Morgan fingerprint density at radius 3 is 2.65 bits per heavy atom. The third-order valence-corrected chi connectivity index (χ3v) is 5.28. The van der Waals surface area contributed by atoms with Gasteiger partial charge < -0.3 is 10.2 Å². The predicted octanol–water partition coefficient (Wildman–Crippen LogP) is 4.83. The number of hydrogen-bond acceptors (Lipinski definition) is 3. The van der Waals surface area contributed by atoms with E-state index in [0.717, 1.165) is 15.2 Å². The van der Waals surface area contributed by atoms with Gasteiger partial charge in [0.2, 0.25) is 0 Å². The molecule has 6 heteroatoms. The highest BCUT2D eigenvalue weighted by molar-refractivity contribution is 7.80. The number of anilines is 1. The Balaban J connectivity index is 1.77. The Labute approximate surface area is 143 Å². The zero-order chi connectivity index (χ0) is 16.4. The van der Waals surface area contributed by atoms with E-state index < -0.39 is 0 Å². The number of fused-ring (bicyclic) bond motifs is 1. The van der Waals surface area contributed by atoms with Crippen molar-refractivity contribution >= 4 is 44.6 Å². The lowest BCUT2D eigenvalue weighted by molar-refractivity contribution is 0.407. The fourth-order valence-corrected chi connectivity index (χ4v) is 3.51.